The van der Waals surface area contributed by atoms with Gasteiger partial charge in [0, 0.05) is 6.42 Å². The molecule has 1 aromatic carbocycles. The molecule has 0 spiro atoms. The number of nitrogens with one attached hydrogen (secondary N) is 1. The van der Waals surface area contributed by atoms with Crippen molar-refractivity contribution < 1.29 is 22.7 Å². The van der Waals surface area contributed by atoms with E-state index < -0.39 is 31.9 Å². The molecule has 1 aromatic rings. The van der Waals surface area contributed by atoms with Crippen LogP contribution in [0.5, 0.6) is 0 Å². The van der Waals surface area contributed by atoms with E-state index in [-0.39, 0.29) is 11.7 Å². The summed E-state index contributed by atoms with van der Waals surface area (Å²) in [6.45, 7) is 3.08. The van der Waals surface area contributed by atoms with Crippen LogP contribution in [-0.2, 0) is 14.8 Å². The van der Waals surface area contributed by atoms with Crippen molar-refractivity contribution in [2.45, 2.75) is 68.4 Å². The zero-order valence-corrected chi connectivity index (χ0v) is 17.1. The molecule has 4 fully saturated rings. The summed E-state index contributed by atoms with van der Waals surface area (Å²) in [7, 11) is -4.15. The molecule has 154 valence electrons. The molecule has 4 saturated carbocycles. The van der Waals surface area contributed by atoms with Gasteiger partial charge in [-0.25, -0.2) is 12.8 Å². The Bertz CT molecular complexity index is 881. The summed E-state index contributed by atoms with van der Waals surface area (Å²) < 4.78 is 41.6. The number of benzene rings is 1. The van der Waals surface area contributed by atoms with Gasteiger partial charge in [0.15, 0.2) is 5.78 Å². The SMILES string of the molecule is CC(C)(NS(=O)(=O)c1ccccc1F)C(=O)CC1C2CC3CC1CC(O)(C3)C2. The van der Waals surface area contributed by atoms with Crippen molar-refractivity contribution in [2.24, 2.45) is 23.7 Å². The van der Waals surface area contributed by atoms with Crippen LogP contribution in [0.3, 0.4) is 0 Å². The zero-order valence-electron chi connectivity index (χ0n) is 16.3. The van der Waals surface area contributed by atoms with E-state index in [1.165, 1.54) is 32.0 Å². The van der Waals surface area contributed by atoms with E-state index in [4.69, 9.17) is 0 Å². The maximum absolute atomic E-state index is 13.9. The maximum Gasteiger partial charge on any atom is 0.244 e. The number of carbonyl (C=O) groups is 1. The number of ketones is 1. The lowest BCUT2D eigenvalue weighted by Gasteiger charge is -2.58. The number of sulfonamides is 1. The first-order valence-corrected chi connectivity index (χ1v) is 11.5. The minimum Gasteiger partial charge on any atom is -0.390 e. The summed E-state index contributed by atoms with van der Waals surface area (Å²) in [6, 6.07) is 5.15. The average Bonchev–Trinajstić information content (AvgIpc) is 2.55. The molecule has 5 nitrogen and oxygen atoms in total. The quantitative estimate of drug-likeness (QED) is 0.757. The highest BCUT2D eigenvalue weighted by Crippen LogP contribution is 2.59. The van der Waals surface area contributed by atoms with Crippen LogP contribution in [0.25, 0.3) is 0 Å². The lowest BCUT2D eigenvalue weighted by molar-refractivity contribution is -0.158. The molecule has 7 heteroatoms. The summed E-state index contributed by atoms with van der Waals surface area (Å²) in [5.74, 6) is 0.394. The van der Waals surface area contributed by atoms with Gasteiger partial charge >= 0.3 is 0 Å². The van der Waals surface area contributed by atoms with E-state index in [1.807, 2.05) is 0 Å². The van der Waals surface area contributed by atoms with Crippen molar-refractivity contribution >= 4 is 15.8 Å². The van der Waals surface area contributed by atoms with Gasteiger partial charge in [0.2, 0.25) is 10.0 Å². The van der Waals surface area contributed by atoms with Crippen LogP contribution in [0.4, 0.5) is 4.39 Å². The third-order valence-electron chi connectivity index (χ3n) is 7.07. The highest BCUT2D eigenvalue weighted by Gasteiger charge is 2.55. The second-order valence-electron chi connectivity index (χ2n) is 9.65. The van der Waals surface area contributed by atoms with Crippen molar-refractivity contribution in [2.75, 3.05) is 0 Å². The molecule has 0 saturated heterocycles. The second kappa shape index (κ2) is 6.61. The molecule has 0 aromatic heterocycles. The minimum atomic E-state index is -4.15. The van der Waals surface area contributed by atoms with E-state index in [9.17, 15) is 22.7 Å². The minimum absolute atomic E-state index is 0.183. The monoisotopic (exact) mass is 409 g/mol. The third kappa shape index (κ3) is 3.53. The molecule has 4 aliphatic rings. The Hall–Kier alpha value is -1.31. The van der Waals surface area contributed by atoms with Crippen LogP contribution in [-0.4, -0.2) is 30.4 Å². The molecule has 0 radical (unpaired) electrons. The van der Waals surface area contributed by atoms with Crippen molar-refractivity contribution in [3.63, 3.8) is 0 Å². The molecule has 4 bridgehead atoms. The van der Waals surface area contributed by atoms with Crippen LogP contribution in [0.2, 0.25) is 0 Å². The number of Topliss-reactive ketones (excluding diaryl/α,β-unsaturated/α-hetero) is 1. The van der Waals surface area contributed by atoms with Crippen LogP contribution >= 0.6 is 0 Å². The summed E-state index contributed by atoms with van der Waals surface area (Å²) in [5.41, 5.74) is -1.88. The van der Waals surface area contributed by atoms with Gasteiger partial charge in [0.25, 0.3) is 0 Å². The molecule has 2 atom stereocenters. The van der Waals surface area contributed by atoms with Gasteiger partial charge in [-0.2, -0.15) is 4.72 Å². The first-order valence-electron chi connectivity index (χ1n) is 10.0. The van der Waals surface area contributed by atoms with Gasteiger partial charge in [0.1, 0.15) is 10.7 Å². The molecule has 4 aliphatic carbocycles. The number of carbonyl (C=O) groups excluding carboxylic acids is 1. The van der Waals surface area contributed by atoms with E-state index >= 15 is 0 Å². The van der Waals surface area contributed by atoms with Gasteiger partial charge < -0.3 is 5.11 Å². The standard InChI is InChI=1S/C21H28FNO4S/c1-20(2,23-28(26,27)18-6-4-3-5-17(18)22)19(24)9-16-14-7-13-8-15(16)12-21(25,10-13)11-14/h3-6,13-16,23,25H,7-12H2,1-2H3. The second-order valence-corrected chi connectivity index (χ2v) is 11.3. The fraction of sp³-hybridized carbons (Fsp3) is 0.667. The van der Waals surface area contributed by atoms with Crippen LogP contribution in [0.1, 0.15) is 52.4 Å². The third-order valence-corrected chi connectivity index (χ3v) is 8.76. The van der Waals surface area contributed by atoms with E-state index in [2.05, 4.69) is 4.72 Å². The Labute approximate surface area is 165 Å². The number of halogens is 1. The van der Waals surface area contributed by atoms with E-state index in [1.54, 1.807) is 0 Å². The molecule has 0 amide bonds. The molecule has 2 unspecified atom stereocenters. The highest BCUT2D eigenvalue weighted by molar-refractivity contribution is 7.89. The average molecular weight is 410 g/mol. The first-order chi connectivity index (χ1) is 13.0. The molecule has 28 heavy (non-hydrogen) atoms. The zero-order chi connectivity index (χ0) is 20.3. The Balaban J connectivity index is 1.48. The van der Waals surface area contributed by atoms with Crippen molar-refractivity contribution in [1.29, 1.82) is 0 Å². The number of hydrogen-bond donors (Lipinski definition) is 2. The topological polar surface area (TPSA) is 83.5 Å². The summed E-state index contributed by atoms with van der Waals surface area (Å²) >= 11 is 0. The van der Waals surface area contributed by atoms with Crippen LogP contribution in [0, 0.1) is 29.5 Å². The lowest BCUT2D eigenvalue weighted by Crippen LogP contribution is -2.56. The fourth-order valence-electron chi connectivity index (χ4n) is 6.00. The van der Waals surface area contributed by atoms with Crippen molar-refractivity contribution in [3.05, 3.63) is 30.1 Å². The van der Waals surface area contributed by atoms with E-state index in [0.717, 1.165) is 38.2 Å². The van der Waals surface area contributed by atoms with Crippen molar-refractivity contribution in [3.8, 4) is 0 Å². The molecule has 5 rings (SSSR count). The first kappa shape index (κ1) is 20.0. The van der Waals surface area contributed by atoms with Gasteiger partial charge in [-0.1, -0.05) is 12.1 Å². The Morgan fingerprint density at radius 2 is 1.82 bits per heavy atom. The number of aliphatic hydroxyl groups is 1. The van der Waals surface area contributed by atoms with Gasteiger partial charge in [-0.15, -0.1) is 0 Å². The predicted octanol–water partition coefficient (Wildman–Crippen LogP) is 3.03. The number of rotatable bonds is 6. The summed E-state index contributed by atoms with van der Waals surface area (Å²) in [5, 5.41) is 10.7. The Morgan fingerprint density at radius 3 is 2.39 bits per heavy atom. The maximum atomic E-state index is 13.9. The number of hydrogen-bond acceptors (Lipinski definition) is 4. The Morgan fingerprint density at radius 1 is 1.21 bits per heavy atom. The van der Waals surface area contributed by atoms with Gasteiger partial charge in [0.05, 0.1) is 11.1 Å². The van der Waals surface area contributed by atoms with E-state index in [0.29, 0.717) is 24.2 Å². The Kier molecular flexibility index (Phi) is 4.71. The summed E-state index contributed by atoms with van der Waals surface area (Å²) in [4.78, 5) is 12.6. The molecule has 2 N–H and O–H groups in total. The largest absolute Gasteiger partial charge is 0.390 e. The van der Waals surface area contributed by atoms with Crippen LogP contribution < -0.4 is 4.72 Å². The molecular weight excluding hydrogens is 381 g/mol. The van der Waals surface area contributed by atoms with Crippen LogP contribution in [0.15, 0.2) is 29.2 Å². The summed E-state index contributed by atoms with van der Waals surface area (Å²) in [6.07, 6.45) is 4.79. The predicted molar refractivity (Wildman–Crippen MR) is 102 cm³/mol. The van der Waals surface area contributed by atoms with Gasteiger partial charge in [-0.05, 0) is 81.8 Å². The smallest absolute Gasteiger partial charge is 0.244 e. The highest BCUT2D eigenvalue weighted by atomic mass is 32.2. The lowest BCUT2D eigenvalue weighted by atomic mass is 9.49. The van der Waals surface area contributed by atoms with Crippen molar-refractivity contribution in [1.82, 2.24) is 4.72 Å². The molecule has 0 heterocycles. The molecular formula is C21H28FNO4S. The fourth-order valence-corrected chi connectivity index (χ4v) is 7.48. The normalized spacial score (nSPS) is 34.6. The molecule has 0 aliphatic heterocycles. The van der Waals surface area contributed by atoms with Gasteiger partial charge in [-0.3, -0.25) is 4.79 Å².